The zero-order chi connectivity index (χ0) is 13.1. The molecule has 1 aromatic heterocycles. The van der Waals surface area contributed by atoms with Gasteiger partial charge in [0.1, 0.15) is 6.54 Å². The minimum Gasteiger partial charge on any atom is -0.338 e. The van der Waals surface area contributed by atoms with Gasteiger partial charge in [0.2, 0.25) is 5.91 Å². The summed E-state index contributed by atoms with van der Waals surface area (Å²) < 4.78 is 2.22. The van der Waals surface area contributed by atoms with Crippen LogP contribution in [0.2, 0.25) is 0 Å². The molecule has 0 spiro atoms. The number of hydrogen-bond acceptors (Lipinski definition) is 3. The molecule has 1 amide bonds. The van der Waals surface area contributed by atoms with E-state index >= 15 is 0 Å². The first-order valence-corrected chi connectivity index (χ1v) is 6.73. The van der Waals surface area contributed by atoms with E-state index in [1.54, 1.807) is 17.2 Å². The number of amides is 1. The third-order valence-corrected chi connectivity index (χ3v) is 3.44. The zero-order valence-electron chi connectivity index (χ0n) is 10.6. The molecule has 1 unspecified atom stereocenters. The van der Waals surface area contributed by atoms with Gasteiger partial charge in [-0.05, 0) is 28.9 Å². The highest BCUT2D eigenvalue weighted by Gasteiger charge is 2.20. The number of rotatable bonds is 2. The maximum absolute atomic E-state index is 12.1. The van der Waals surface area contributed by atoms with E-state index in [0.29, 0.717) is 19.1 Å². The Morgan fingerprint density at radius 3 is 2.95 bits per heavy atom. The van der Waals surface area contributed by atoms with Crippen molar-refractivity contribution in [3.05, 3.63) is 33.2 Å². The second kappa shape index (κ2) is 7.07. The Hall–Kier alpha value is -0.850. The van der Waals surface area contributed by atoms with Crippen LogP contribution in [-0.2, 0) is 11.3 Å². The van der Waals surface area contributed by atoms with Crippen LogP contribution in [0.15, 0.2) is 27.6 Å². The number of hydrogen-bond donors (Lipinski definition) is 1. The Kier molecular flexibility index (Phi) is 6.03. The van der Waals surface area contributed by atoms with Gasteiger partial charge >= 0.3 is 0 Å². The normalized spacial score (nSPS) is 18.8. The number of nitrogens with one attached hydrogen (secondary N) is 1. The molecular formula is C12H17BrClN3O2. The molecule has 2 rings (SSSR count). The third-order valence-electron chi connectivity index (χ3n) is 2.97. The molecule has 1 N–H and O–H groups in total. The molecule has 106 valence electrons. The van der Waals surface area contributed by atoms with E-state index in [1.165, 1.54) is 10.6 Å². The molecule has 0 saturated carbocycles. The molecule has 1 saturated heterocycles. The first kappa shape index (κ1) is 16.2. The highest BCUT2D eigenvalue weighted by atomic mass is 79.9. The lowest BCUT2D eigenvalue weighted by atomic mass is 10.2. The summed E-state index contributed by atoms with van der Waals surface area (Å²) in [7, 11) is 0. The smallest absolute Gasteiger partial charge is 0.251 e. The van der Waals surface area contributed by atoms with Crippen molar-refractivity contribution in [2.45, 2.75) is 19.5 Å². The van der Waals surface area contributed by atoms with Crippen LogP contribution < -0.4 is 10.9 Å². The van der Waals surface area contributed by atoms with Crippen molar-refractivity contribution in [3.8, 4) is 0 Å². The third kappa shape index (κ3) is 4.33. The molecule has 1 aromatic rings. The van der Waals surface area contributed by atoms with Crippen LogP contribution in [0.1, 0.15) is 6.92 Å². The summed E-state index contributed by atoms with van der Waals surface area (Å²) in [6, 6.07) is 3.44. The first-order chi connectivity index (χ1) is 8.56. The van der Waals surface area contributed by atoms with Crippen LogP contribution in [0.3, 0.4) is 0 Å². The summed E-state index contributed by atoms with van der Waals surface area (Å²) in [5, 5.41) is 3.28. The van der Waals surface area contributed by atoms with Crippen LogP contribution in [0.25, 0.3) is 0 Å². The fraction of sp³-hybridized carbons (Fsp3) is 0.500. The van der Waals surface area contributed by atoms with Crippen LogP contribution in [0.5, 0.6) is 0 Å². The molecule has 0 aliphatic carbocycles. The Labute approximate surface area is 126 Å². The summed E-state index contributed by atoms with van der Waals surface area (Å²) in [4.78, 5) is 25.5. The fourth-order valence-electron chi connectivity index (χ4n) is 2.03. The van der Waals surface area contributed by atoms with Crippen molar-refractivity contribution >= 4 is 34.2 Å². The molecule has 7 heteroatoms. The van der Waals surface area contributed by atoms with Gasteiger partial charge in [0.25, 0.3) is 5.56 Å². The van der Waals surface area contributed by atoms with Crippen molar-refractivity contribution in [1.82, 2.24) is 14.8 Å². The van der Waals surface area contributed by atoms with E-state index in [0.717, 1.165) is 11.0 Å². The number of carbonyl (C=O) groups is 1. The van der Waals surface area contributed by atoms with Gasteiger partial charge in [-0.1, -0.05) is 0 Å². The first-order valence-electron chi connectivity index (χ1n) is 5.93. The van der Waals surface area contributed by atoms with Crippen LogP contribution >= 0.6 is 28.3 Å². The number of pyridine rings is 1. The van der Waals surface area contributed by atoms with Gasteiger partial charge in [-0.25, -0.2) is 0 Å². The van der Waals surface area contributed by atoms with E-state index in [9.17, 15) is 9.59 Å². The summed E-state index contributed by atoms with van der Waals surface area (Å²) in [6.45, 7) is 4.35. The van der Waals surface area contributed by atoms with Crippen molar-refractivity contribution in [2.24, 2.45) is 0 Å². The van der Waals surface area contributed by atoms with Crippen LogP contribution in [0.4, 0.5) is 0 Å². The van der Waals surface area contributed by atoms with Gasteiger partial charge in [-0.15, -0.1) is 12.4 Å². The van der Waals surface area contributed by atoms with Gasteiger partial charge in [0.05, 0.1) is 0 Å². The van der Waals surface area contributed by atoms with E-state index in [-0.39, 0.29) is 30.4 Å². The number of aromatic nitrogens is 1. The van der Waals surface area contributed by atoms with Crippen molar-refractivity contribution in [1.29, 1.82) is 0 Å². The molecular weight excluding hydrogens is 334 g/mol. The zero-order valence-corrected chi connectivity index (χ0v) is 13.0. The van der Waals surface area contributed by atoms with Crippen molar-refractivity contribution in [2.75, 3.05) is 19.6 Å². The summed E-state index contributed by atoms with van der Waals surface area (Å²) in [5.41, 5.74) is -0.158. The van der Waals surface area contributed by atoms with Gasteiger partial charge in [-0.2, -0.15) is 0 Å². The number of carbonyl (C=O) groups excluding carboxylic acids is 1. The van der Waals surface area contributed by atoms with Crippen LogP contribution in [0, 0.1) is 0 Å². The van der Waals surface area contributed by atoms with Crippen molar-refractivity contribution < 1.29 is 4.79 Å². The molecule has 19 heavy (non-hydrogen) atoms. The maximum Gasteiger partial charge on any atom is 0.251 e. The largest absolute Gasteiger partial charge is 0.338 e. The number of piperazine rings is 1. The predicted octanol–water partition coefficient (Wildman–Crippen LogP) is 0.853. The average molecular weight is 351 g/mol. The number of halogens is 2. The van der Waals surface area contributed by atoms with E-state index < -0.39 is 0 Å². The van der Waals surface area contributed by atoms with Gasteiger partial charge in [-0.3, -0.25) is 9.59 Å². The summed E-state index contributed by atoms with van der Waals surface area (Å²) >= 11 is 3.30. The summed E-state index contributed by atoms with van der Waals surface area (Å²) in [6.07, 6.45) is 1.64. The monoisotopic (exact) mass is 349 g/mol. The minimum absolute atomic E-state index is 0. The molecule has 1 aliphatic rings. The lowest BCUT2D eigenvalue weighted by Gasteiger charge is -2.32. The molecule has 5 nitrogen and oxygen atoms in total. The Morgan fingerprint density at radius 2 is 2.26 bits per heavy atom. The molecule has 0 aromatic carbocycles. The quantitative estimate of drug-likeness (QED) is 0.860. The minimum atomic E-state index is -0.158. The van der Waals surface area contributed by atoms with Gasteiger partial charge in [0.15, 0.2) is 0 Å². The lowest BCUT2D eigenvalue weighted by molar-refractivity contribution is -0.133. The Balaban J connectivity index is 0.00000180. The molecule has 0 radical (unpaired) electrons. The Bertz CT molecular complexity index is 506. The molecule has 1 fully saturated rings. The number of nitrogens with zero attached hydrogens (tertiary/aromatic N) is 2. The summed E-state index contributed by atoms with van der Waals surface area (Å²) in [5.74, 6) is -0.0106. The predicted molar refractivity (Wildman–Crippen MR) is 79.7 cm³/mol. The lowest BCUT2D eigenvalue weighted by Crippen LogP contribution is -2.52. The molecule has 0 bridgehead atoms. The molecule has 1 aliphatic heterocycles. The van der Waals surface area contributed by atoms with Gasteiger partial charge in [0, 0.05) is 42.4 Å². The topological polar surface area (TPSA) is 54.3 Å². The van der Waals surface area contributed by atoms with E-state index in [2.05, 4.69) is 21.2 Å². The second-order valence-electron chi connectivity index (χ2n) is 4.51. The van der Waals surface area contributed by atoms with Crippen LogP contribution in [-0.4, -0.2) is 41.1 Å². The molecule has 1 atom stereocenters. The standard InChI is InChI=1S/C12H16BrN3O2.ClH/c1-9-6-15(5-4-14-9)12(18)8-16-7-10(13)2-3-11(16)17;/h2-3,7,9,14H,4-6,8H2,1H3;1H. The Morgan fingerprint density at radius 1 is 1.53 bits per heavy atom. The van der Waals surface area contributed by atoms with Crippen molar-refractivity contribution in [3.63, 3.8) is 0 Å². The fourth-order valence-corrected chi connectivity index (χ4v) is 2.41. The van der Waals surface area contributed by atoms with E-state index in [1.807, 2.05) is 6.92 Å². The highest BCUT2D eigenvalue weighted by molar-refractivity contribution is 9.10. The van der Waals surface area contributed by atoms with Gasteiger partial charge < -0.3 is 14.8 Å². The highest BCUT2D eigenvalue weighted by Crippen LogP contribution is 2.06. The second-order valence-corrected chi connectivity index (χ2v) is 5.42. The molecule has 2 heterocycles. The average Bonchev–Trinajstić information content (AvgIpc) is 2.34. The maximum atomic E-state index is 12.1. The van der Waals surface area contributed by atoms with E-state index in [4.69, 9.17) is 0 Å². The SMILES string of the molecule is CC1CN(C(=O)Cn2cc(Br)ccc2=O)CCN1.Cl.